The third-order valence-corrected chi connectivity index (χ3v) is 9.19. The zero-order valence-electron chi connectivity index (χ0n) is 20.4. The Morgan fingerprint density at radius 2 is 1.64 bits per heavy atom. The number of nitrogens with zero attached hydrogens (tertiary/aromatic N) is 5. The van der Waals surface area contributed by atoms with Gasteiger partial charge in [0.15, 0.2) is 6.04 Å². The SMILES string of the molecule is CCN(c1ccccc1)S(=O)(=O)c1ccc(N=N[C@@H]2C(=O)N(c3cc(Cl)c(S(=O)(=O)O)cc3Cl)N=C2C)cc1. The summed E-state index contributed by atoms with van der Waals surface area (Å²) < 4.78 is 59.8. The Kier molecular flexibility index (Phi) is 8.09. The van der Waals surface area contributed by atoms with E-state index in [9.17, 15) is 26.2 Å². The second-order valence-corrected chi connectivity index (χ2v) is 12.3. The molecule has 1 N–H and O–H groups in total. The van der Waals surface area contributed by atoms with Crippen LogP contribution < -0.4 is 9.31 Å². The molecule has 0 saturated carbocycles. The van der Waals surface area contributed by atoms with E-state index in [-0.39, 0.29) is 32.9 Å². The molecule has 15 heteroatoms. The van der Waals surface area contributed by atoms with Crippen molar-refractivity contribution in [1.29, 1.82) is 0 Å². The number of hydrogen-bond acceptors (Lipinski definition) is 8. The van der Waals surface area contributed by atoms with Crippen LogP contribution in [0.4, 0.5) is 17.1 Å². The molecule has 0 fully saturated rings. The number of sulfonamides is 1. The summed E-state index contributed by atoms with van der Waals surface area (Å²) >= 11 is 12.1. The van der Waals surface area contributed by atoms with Crippen molar-refractivity contribution in [2.24, 2.45) is 15.3 Å². The van der Waals surface area contributed by atoms with Gasteiger partial charge in [-0.2, -0.15) is 28.8 Å². The van der Waals surface area contributed by atoms with Gasteiger partial charge in [0.25, 0.3) is 26.0 Å². The van der Waals surface area contributed by atoms with Crippen LogP contribution in [-0.4, -0.2) is 45.6 Å². The lowest BCUT2D eigenvalue weighted by Crippen LogP contribution is -2.30. The number of carbonyl (C=O) groups excluding carboxylic acids is 1. The minimum atomic E-state index is -4.63. The summed E-state index contributed by atoms with van der Waals surface area (Å²) in [7, 11) is -8.46. The van der Waals surface area contributed by atoms with Crippen LogP contribution >= 0.6 is 23.2 Å². The predicted molar refractivity (Wildman–Crippen MR) is 148 cm³/mol. The fraction of sp³-hybridized carbons (Fsp3) is 0.167. The van der Waals surface area contributed by atoms with Crippen molar-refractivity contribution < 1.29 is 26.2 Å². The van der Waals surface area contributed by atoms with E-state index in [0.29, 0.717) is 11.4 Å². The molecule has 1 heterocycles. The molecule has 1 amide bonds. The summed E-state index contributed by atoms with van der Waals surface area (Å²) in [6, 6.07) is 15.3. The van der Waals surface area contributed by atoms with Gasteiger partial charge in [0.2, 0.25) is 0 Å². The van der Waals surface area contributed by atoms with E-state index in [2.05, 4.69) is 15.3 Å². The monoisotopic (exact) mass is 609 g/mol. The molecule has 0 bridgehead atoms. The summed E-state index contributed by atoms with van der Waals surface area (Å²) in [4.78, 5) is 12.5. The standard InChI is InChI=1S/C24H21Cl2N5O6S2/c1-3-30(17-7-5-4-6-8-17)38(33,34)18-11-9-16(10-12-18)27-28-23-15(2)29-31(24(23)32)21-13-20(26)22(14-19(21)25)39(35,36)37/h4-14,23H,3H2,1-2H3,(H,35,36,37)/t23-/m0/s1. The quantitative estimate of drug-likeness (QED) is 0.269. The van der Waals surface area contributed by atoms with Gasteiger partial charge >= 0.3 is 0 Å². The smallest absolute Gasteiger partial charge is 0.282 e. The number of amides is 1. The molecule has 0 aromatic heterocycles. The Balaban J connectivity index is 1.54. The molecule has 1 aliphatic heterocycles. The largest absolute Gasteiger partial charge is 0.296 e. The summed E-state index contributed by atoms with van der Waals surface area (Å²) in [5.74, 6) is -0.630. The van der Waals surface area contributed by atoms with Gasteiger partial charge in [0.1, 0.15) is 4.90 Å². The van der Waals surface area contributed by atoms with Gasteiger partial charge in [-0.25, -0.2) is 8.42 Å². The van der Waals surface area contributed by atoms with Crippen LogP contribution in [0.1, 0.15) is 13.8 Å². The number of rotatable bonds is 8. The van der Waals surface area contributed by atoms with E-state index >= 15 is 0 Å². The highest BCUT2D eigenvalue weighted by Gasteiger charge is 2.36. The fourth-order valence-corrected chi connectivity index (χ4v) is 6.57. The summed E-state index contributed by atoms with van der Waals surface area (Å²) in [5.41, 5.74) is 1.10. The molecule has 3 aromatic rings. The van der Waals surface area contributed by atoms with Gasteiger partial charge < -0.3 is 0 Å². The Morgan fingerprint density at radius 1 is 1.00 bits per heavy atom. The van der Waals surface area contributed by atoms with E-state index in [1.165, 1.54) is 28.6 Å². The zero-order valence-corrected chi connectivity index (χ0v) is 23.6. The van der Waals surface area contributed by atoms with Crippen molar-refractivity contribution in [3.05, 3.63) is 76.8 Å². The Bertz CT molecular complexity index is 1700. The first-order valence-electron chi connectivity index (χ1n) is 11.3. The number of azo groups is 1. The molecule has 39 heavy (non-hydrogen) atoms. The Morgan fingerprint density at radius 3 is 2.23 bits per heavy atom. The maximum absolute atomic E-state index is 13.2. The number of carbonyl (C=O) groups is 1. The summed E-state index contributed by atoms with van der Waals surface area (Å²) in [6.45, 7) is 3.52. The van der Waals surface area contributed by atoms with Crippen molar-refractivity contribution in [2.75, 3.05) is 15.9 Å². The number of hydrazone groups is 1. The minimum absolute atomic E-state index is 0.00966. The lowest BCUT2D eigenvalue weighted by Gasteiger charge is -2.22. The molecule has 3 aromatic carbocycles. The fourth-order valence-electron chi connectivity index (χ4n) is 3.76. The van der Waals surface area contributed by atoms with Crippen molar-refractivity contribution in [2.45, 2.75) is 29.7 Å². The van der Waals surface area contributed by atoms with E-state index in [1.54, 1.807) is 44.2 Å². The molecule has 0 spiro atoms. The lowest BCUT2D eigenvalue weighted by molar-refractivity contribution is -0.117. The molecule has 0 radical (unpaired) electrons. The zero-order chi connectivity index (χ0) is 28.5. The molecule has 11 nitrogen and oxygen atoms in total. The van der Waals surface area contributed by atoms with Crippen LogP contribution in [-0.2, 0) is 24.9 Å². The molecular weight excluding hydrogens is 589 g/mol. The molecule has 1 atom stereocenters. The van der Waals surface area contributed by atoms with Gasteiger partial charge in [-0.05, 0) is 62.4 Å². The van der Waals surface area contributed by atoms with Crippen LogP contribution in [0.3, 0.4) is 0 Å². The van der Waals surface area contributed by atoms with Crippen LogP contribution in [0.25, 0.3) is 0 Å². The van der Waals surface area contributed by atoms with E-state index < -0.39 is 37.0 Å². The van der Waals surface area contributed by atoms with Crippen LogP contribution in [0.2, 0.25) is 10.0 Å². The summed E-state index contributed by atoms with van der Waals surface area (Å²) in [6.07, 6.45) is 0. The number of para-hydroxylation sites is 1. The number of benzene rings is 3. The molecule has 0 saturated heterocycles. The first kappa shape index (κ1) is 28.6. The maximum atomic E-state index is 13.2. The van der Waals surface area contributed by atoms with Crippen LogP contribution in [0.5, 0.6) is 0 Å². The Labute approximate surface area is 235 Å². The third-order valence-electron chi connectivity index (χ3n) is 5.65. The van der Waals surface area contributed by atoms with Gasteiger partial charge in [0, 0.05) is 6.54 Å². The molecular formula is C24H21Cl2N5O6S2. The molecule has 4 rings (SSSR count). The van der Waals surface area contributed by atoms with Crippen molar-refractivity contribution in [1.82, 2.24) is 0 Å². The van der Waals surface area contributed by atoms with Gasteiger partial charge in [-0.15, -0.1) is 0 Å². The highest BCUT2D eigenvalue weighted by atomic mass is 35.5. The average molecular weight is 611 g/mol. The average Bonchev–Trinajstić information content (AvgIpc) is 3.17. The Hall–Kier alpha value is -3.36. The maximum Gasteiger partial charge on any atom is 0.296 e. The van der Waals surface area contributed by atoms with Gasteiger partial charge in [0.05, 0.1) is 37.7 Å². The van der Waals surface area contributed by atoms with E-state index in [4.69, 9.17) is 23.2 Å². The number of hydrogen-bond donors (Lipinski definition) is 1. The highest BCUT2D eigenvalue weighted by molar-refractivity contribution is 7.92. The normalized spacial score (nSPS) is 16.1. The molecule has 1 aliphatic rings. The molecule has 204 valence electrons. The van der Waals surface area contributed by atoms with E-state index in [1.807, 2.05) is 0 Å². The van der Waals surface area contributed by atoms with Crippen molar-refractivity contribution in [3.63, 3.8) is 0 Å². The first-order chi connectivity index (χ1) is 18.3. The van der Waals surface area contributed by atoms with Gasteiger partial charge in [-0.3, -0.25) is 13.7 Å². The van der Waals surface area contributed by atoms with Crippen LogP contribution in [0.15, 0.2) is 91.9 Å². The van der Waals surface area contributed by atoms with E-state index in [0.717, 1.165) is 17.1 Å². The highest BCUT2D eigenvalue weighted by Crippen LogP contribution is 2.36. The number of halogens is 2. The molecule has 0 aliphatic carbocycles. The topological polar surface area (TPSA) is 149 Å². The second kappa shape index (κ2) is 11.0. The lowest BCUT2D eigenvalue weighted by atomic mass is 10.2. The molecule has 0 unspecified atom stereocenters. The van der Waals surface area contributed by atoms with Crippen LogP contribution in [0, 0.1) is 0 Å². The minimum Gasteiger partial charge on any atom is -0.282 e. The van der Waals surface area contributed by atoms with Gasteiger partial charge in [-0.1, -0.05) is 41.4 Å². The predicted octanol–water partition coefficient (Wildman–Crippen LogP) is 5.33. The summed E-state index contributed by atoms with van der Waals surface area (Å²) in [5, 5.41) is 12.6. The second-order valence-electron chi connectivity index (χ2n) is 8.22. The first-order valence-corrected chi connectivity index (χ1v) is 14.9. The van der Waals surface area contributed by atoms with Crippen molar-refractivity contribution in [3.8, 4) is 0 Å². The third kappa shape index (κ3) is 5.82. The number of anilines is 2. The van der Waals surface area contributed by atoms with Crippen molar-refractivity contribution >= 4 is 72.0 Å².